The molecular formula is C27H30F3N9O2. The molecule has 3 aromatic heterocycles. The largest absolute Gasteiger partial charge is 0.433 e. The van der Waals surface area contributed by atoms with Crippen molar-refractivity contribution in [1.82, 2.24) is 40.5 Å². The molecule has 1 saturated heterocycles. The summed E-state index contributed by atoms with van der Waals surface area (Å²) in [6.07, 6.45) is 3.88. The number of fused-ring (bicyclic) bond motifs is 1. The molecule has 1 fully saturated rings. The van der Waals surface area contributed by atoms with E-state index in [2.05, 4.69) is 36.3 Å². The summed E-state index contributed by atoms with van der Waals surface area (Å²) in [5, 5.41) is 17.7. The molecule has 1 aromatic carbocycles. The minimum absolute atomic E-state index is 0.00512. The molecule has 2 amide bonds. The van der Waals surface area contributed by atoms with Gasteiger partial charge in [0.1, 0.15) is 5.69 Å². The normalized spacial score (nSPS) is 15.3. The van der Waals surface area contributed by atoms with Gasteiger partial charge in [-0.25, -0.2) is 9.97 Å². The Morgan fingerprint density at radius 3 is 2.73 bits per heavy atom. The lowest BCUT2D eigenvalue weighted by molar-refractivity contribution is -0.140. The number of halogens is 3. The van der Waals surface area contributed by atoms with Crippen molar-refractivity contribution in [3.63, 3.8) is 0 Å². The summed E-state index contributed by atoms with van der Waals surface area (Å²) in [6.45, 7) is 3.69. The summed E-state index contributed by atoms with van der Waals surface area (Å²) >= 11 is 0. The molecule has 0 spiro atoms. The molecule has 14 heteroatoms. The summed E-state index contributed by atoms with van der Waals surface area (Å²) < 4.78 is 41.8. The Morgan fingerprint density at radius 2 is 1.98 bits per heavy atom. The van der Waals surface area contributed by atoms with Gasteiger partial charge in [-0.05, 0) is 56.0 Å². The number of amides is 2. The van der Waals surface area contributed by atoms with E-state index in [-0.39, 0.29) is 29.1 Å². The van der Waals surface area contributed by atoms with Crippen LogP contribution in [0.5, 0.6) is 0 Å². The zero-order valence-electron chi connectivity index (χ0n) is 22.3. The first-order valence-electron chi connectivity index (χ1n) is 13.4. The highest BCUT2D eigenvalue weighted by atomic mass is 19.4. The highest BCUT2D eigenvalue weighted by Gasteiger charge is 2.36. The molecule has 0 saturated carbocycles. The highest BCUT2D eigenvalue weighted by molar-refractivity contribution is 5.96. The van der Waals surface area contributed by atoms with Gasteiger partial charge in [-0.3, -0.25) is 19.1 Å². The molecule has 216 valence electrons. The number of rotatable bonds is 10. The number of aryl methyl sites for hydroxylation is 1. The quantitative estimate of drug-likeness (QED) is 0.184. The Kier molecular flexibility index (Phi) is 8.19. The van der Waals surface area contributed by atoms with Gasteiger partial charge in [-0.1, -0.05) is 6.92 Å². The number of aromatic nitrogens is 5. The maximum absolute atomic E-state index is 13.4. The van der Waals surface area contributed by atoms with Crippen LogP contribution in [0.4, 0.5) is 24.7 Å². The van der Waals surface area contributed by atoms with Gasteiger partial charge in [0, 0.05) is 36.7 Å². The van der Waals surface area contributed by atoms with Crippen molar-refractivity contribution in [2.75, 3.05) is 25.0 Å². The summed E-state index contributed by atoms with van der Waals surface area (Å²) in [5.74, 6) is 0.121. The highest BCUT2D eigenvalue weighted by Crippen LogP contribution is 2.36. The van der Waals surface area contributed by atoms with Crippen molar-refractivity contribution >= 4 is 29.0 Å². The number of imidazole rings is 1. The Morgan fingerprint density at radius 1 is 1.15 bits per heavy atom. The van der Waals surface area contributed by atoms with Crippen LogP contribution < -0.4 is 21.3 Å². The van der Waals surface area contributed by atoms with Gasteiger partial charge < -0.3 is 21.3 Å². The van der Waals surface area contributed by atoms with E-state index in [9.17, 15) is 22.8 Å². The lowest BCUT2D eigenvalue weighted by atomic mass is 10.0. The van der Waals surface area contributed by atoms with Crippen LogP contribution in [0, 0.1) is 0 Å². The Labute approximate surface area is 233 Å². The number of nitrogens with zero attached hydrogens (tertiary/aromatic N) is 4. The van der Waals surface area contributed by atoms with E-state index in [0.29, 0.717) is 48.6 Å². The van der Waals surface area contributed by atoms with Gasteiger partial charge >= 0.3 is 6.18 Å². The maximum Gasteiger partial charge on any atom is 0.433 e. The number of H-pyrrole nitrogens is 1. The molecule has 41 heavy (non-hydrogen) atoms. The summed E-state index contributed by atoms with van der Waals surface area (Å²) in [4.78, 5) is 33.5. The molecule has 5 N–H and O–H groups in total. The fourth-order valence-corrected chi connectivity index (χ4v) is 4.85. The van der Waals surface area contributed by atoms with Crippen LogP contribution >= 0.6 is 0 Å². The van der Waals surface area contributed by atoms with Gasteiger partial charge in [0.2, 0.25) is 5.91 Å². The molecule has 0 aliphatic carbocycles. The molecular weight excluding hydrogens is 539 g/mol. The van der Waals surface area contributed by atoms with Gasteiger partial charge in [0.05, 0.1) is 29.7 Å². The minimum atomic E-state index is -4.60. The third kappa shape index (κ3) is 6.16. The predicted octanol–water partition coefficient (Wildman–Crippen LogP) is 3.43. The summed E-state index contributed by atoms with van der Waals surface area (Å²) in [6, 6.07) is 5.15. The number of nitrogens with one attached hydrogen (secondary N) is 5. The number of hydrogen-bond donors (Lipinski definition) is 5. The summed E-state index contributed by atoms with van der Waals surface area (Å²) in [7, 11) is 0. The van der Waals surface area contributed by atoms with Gasteiger partial charge in [-0.15, -0.1) is 0 Å². The average molecular weight is 570 g/mol. The second-order valence-electron chi connectivity index (χ2n) is 9.67. The first-order chi connectivity index (χ1) is 19.8. The van der Waals surface area contributed by atoms with Gasteiger partial charge in [0.25, 0.3) is 5.91 Å². The molecule has 1 atom stereocenters. The van der Waals surface area contributed by atoms with Crippen LogP contribution in [0.15, 0.2) is 43.0 Å². The van der Waals surface area contributed by atoms with Crippen molar-refractivity contribution < 1.29 is 22.8 Å². The maximum atomic E-state index is 13.4. The Balaban J connectivity index is 1.24. The molecule has 4 heterocycles. The van der Waals surface area contributed by atoms with E-state index in [1.165, 1.54) is 23.0 Å². The first kappa shape index (κ1) is 28.1. The standard InChI is InChI=1S/C27H30F3N9O2/c1-2-16-13-17(6-7-18(16)25(40)33-9-4-10-34-26(41)20-5-3-8-31-20)37-23-24-35-15-21(39(24)12-11-32-23)19-14-36-38-22(19)27(28,29)30/h6-7,11-15,20,31H,2-5,8-10H2,1H3,(H,32,37)(H,33,40)(H,34,41)(H,36,38)/t20-/m0/s1. The molecule has 1 aliphatic heterocycles. The second kappa shape index (κ2) is 12.0. The number of alkyl halides is 3. The Bertz CT molecular complexity index is 1540. The van der Waals surface area contributed by atoms with Gasteiger partial charge in [-0.2, -0.15) is 18.3 Å². The Hall–Kier alpha value is -4.46. The number of benzene rings is 1. The number of carbonyl (C=O) groups is 2. The number of aromatic amines is 1. The molecule has 0 bridgehead atoms. The van der Waals surface area contributed by atoms with Crippen LogP contribution in [0.2, 0.25) is 0 Å². The van der Waals surface area contributed by atoms with Crippen molar-refractivity contribution in [3.8, 4) is 11.3 Å². The lowest BCUT2D eigenvalue weighted by Crippen LogP contribution is -2.41. The molecule has 4 aromatic rings. The molecule has 5 rings (SSSR count). The molecule has 11 nitrogen and oxygen atoms in total. The molecule has 0 unspecified atom stereocenters. The van der Waals surface area contributed by atoms with Gasteiger partial charge in [0.15, 0.2) is 11.5 Å². The van der Waals surface area contributed by atoms with Crippen LogP contribution in [0.3, 0.4) is 0 Å². The zero-order valence-corrected chi connectivity index (χ0v) is 22.3. The van der Waals surface area contributed by atoms with E-state index in [4.69, 9.17) is 0 Å². The van der Waals surface area contributed by atoms with E-state index in [1.54, 1.807) is 12.1 Å². The first-order valence-corrected chi connectivity index (χ1v) is 13.4. The topological polar surface area (TPSA) is 141 Å². The van der Waals surface area contributed by atoms with Crippen molar-refractivity contribution in [1.29, 1.82) is 0 Å². The number of hydrogen-bond acceptors (Lipinski definition) is 7. The summed E-state index contributed by atoms with van der Waals surface area (Å²) in [5.41, 5.74) is 1.43. The third-order valence-electron chi connectivity index (χ3n) is 6.94. The lowest BCUT2D eigenvalue weighted by Gasteiger charge is -2.13. The zero-order chi connectivity index (χ0) is 29.0. The fraction of sp³-hybridized carbons (Fsp3) is 0.370. The average Bonchev–Trinajstić information content (AvgIpc) is 3.73. The monoisotopic (exact) mass is 569 g/mol. The second-order valence-corrected chi connectivity index (χ2v) is 9.67. The molecule has 0 radical (unpaired) electrons. The van der Waals surface area contributed by atoms with Crippen LogP contribution in [0.25, 0.3) is 16.9 Å². The van der Waals surface area contributed by atoms with Crippen molar-refractivity contribution in [3.05, 3.63) is 59.8 Å². The van der Waals surface area contributed by atoms with Crippen LogP contribution in [0.1, 0.15) is 47.8 Å². The fourth-order valence-electron chi connectivity index (χ4n) is 4.85. The van der Waals surface area contributed by atoms with Crippen LogP contribution in [-0.2, 0) is 17.4 Å². The third-order valence-corrected chi connectivity index (χ3v) is 6.94. The van der Waals surface area contributed by atoms with Crippen LogP contribution in [-0.4, -0.2) is 62.1 Å². The van der Waals surface area contributed by atoms with E-state index in [0.717, 1.165) is 31.1 Å². The number of carbonyl (C=O) groups excluding carboxylic acids is 2. The smallest absolute Gasteiger partial charge is 0.355 e. The van der Waals surface area contributed by atoms with E-state index >= 15 is 0 Å². The predicted molar refractivity (Wildman–Crippen MR) is 146 cm³/mol. The number of anilines is 2. The van der Waals surface area contributed by atoms with Crippen molar-refractivity contribution in [2.45, 2.75) is 44.8 Å². The minimum Gasteiger partial charge on any atom is -0.355 e. The van der Waals surface area contributed by atoms with Crippen molar-refractivity contribution in [2.24, 2.45) is 0 Å². The molecule has 1 aliphatic rings. The van der Waals surface area contributed by atoms with E-state index in [1.807, 2.05) is 18.1 Å². The van der Waals surface area contributed by atoms with E-state index < -0.39 is 11.9 Å². The SMILES string of the molecule is CCc1cc(Nc2nccn3c(-c4cn[nH]c4C(F)(F)F)cnc23)ccc1C(=O)NCCCNC(=O)[C@@H]1CCCN1.